The molecule has 0 saturated carbocycles. The number of anilines is 3. The first kappa shape index (κ1) is 16.3. The van der Waals surface area contributed by atoms with E-state index in [1.165, 1.54) is 0 Å². The van der Waals surface area contributed by atoms with E-state index in [2.05, 4.69) is 10.6 Å². The summed E-state index contributed by atoms with van der Waals surface area (Å²) in [7, 11) is 0. The molecule has 5 nitrogen and oxygen atoms in total. The average Bonchev–Trinajstić information content (AvgIpc) is 2.54. The van der Waals surface area contributed by atoms with Gasteiger partial charge in [0, 0.05) is 10.7 Å². The Balaban J connectivity index is 1.86. The Morgan fingerprint density at radius 2 is 1.96 bits per heavy atom. The highest BCUT2D eigenvalue weighted by Crippen LogP contribution is 2.36. The third-order valence-electron chi connectivity index (χ3n) is 4.03. The van der Waals surface area contributed by atoms with Gasteiger partial charge in [-0.15, -0.1) is 0 Å². The van der Waals surface area contributed by atoms with Gasteiger partial charge in [0.25, 0.3) is 0 Å². The fraction of sp³-hybridized carbons (Fsp3) is 0.222. The van der Waals surface area contributed by atoms with Crippen LogP contribution in [0.4, 0.5) is 17.1 Å². The summed E-state index contributed by atoms with van der Waals surface area (Å²) in [5, 5.41) is 6.50. The van der Waals surface area contributed by atoms with Crippen molar-refractivity contribution < 1.29 is 9.59 Å². The molecule has 1 aliphatic heterocycles. The van der Waals surface area contributed by atoms with Crippen LogP contribution in [0.1, 0.15) is 13.8 Å². The molecule has 1 aliphatic rings. The van der Waals surface area contributed by atoms with Crippen molar-refractivity contribution in [3.8, 4) is 0 Å². The van der Waals surface area contributed by atoms with Crippen LogP contribution in [-0.4, -0.2) is 23.9 Å². The molecule has 2 aromatic carbocycles. The van der Waals surface area contributed by atoms with Gasteiger partial charge in [-0.05, 0) is 44.2 Å². The number of hydrogen-bond donors (Lipinski definition) is 2. The zero-order chi connectivity index (χ0) is 17.3. The molecular formula is C18H18ClN3O2. The lowest BCUT2D eigenvalue weighted by atomic mass is 9.96. The maximum absolute atomic E-state index is 12.8. The molecule has 2 aromatic rings. The lowest BCUT2D eigenvalue weighted by molar-refractivity contribution is -0.125. The smallest absolute Gasteiger partial charge is 0.250 e. The van der Waals surface area contributed by atoms with Gasteiger partial charge in [0.2, 0.25) is 11.8 Å². The second-order valence-corrected chi connectivity index (χ2v) is 6.56. The number of nitrogens with zero attached hydrogens (tertiary/aromatic N) is 1. The first-order chi connectivity index (χ1) is 11.4. The first-order valence-corrected chi connectivity index (χ1v) is 8.00. The number of carbonyl (C=O) groups is 2. The molecule has 0 aromatic heterocycles. The number of amides is 2. The van der Waals surface area contributed by atoms with Crippen molar-refractivity contribution in [2.24, 2.45) is 0 Å². The molecule has 2 N–H and O–H groups in total. The van der Waals surface area contributed by atoms with Gasteiger partial charge in [-0.25, -0.2) is 0 Å². The molecular weight excluding hydrogens is 326 g/mol. The molecule has 0 atom stereocenters. The van der Waals surface area contributed by atoms with Gasteiger partial charge >= 0.3 is 0 Å². The van der Waals surface area contributed by atoms with Crippen LogP contribution >= 0.6 is 11.6 Å². The van der Waals surface area contributed by atoms with E-state index in [1.54, 1.807) is 36.9 Å². The molecule has 3 rings (SSSR count). The van der Waals surface area contributed by atoms with Crippen LogP contribution in [0.3, 0.4) is 0 Å². The molecule has 0 aliphatic carbocycles. The van der Waals surface area contributed by atoms with E-state index in [-0.39, 0.29) is 18.4 Å². The number of fused-ring (bicyclic) bond motifs is 1. The number of halogens is 1. The first-order valence-electron chi connectivity index (χ1n) is 7.62. The fourth-order valence-electron chi connectivity index (χ4n) is 2.75. The molecule has 2 amide bonds. The molecule has 0 bridgehead atoms. The lowest BCUT2D eigenvalue weighted by Crippen LogP contribution is -2.59. The van der Waals surface area contributed by atoms with Crippen molar-refractivity contribution in [3.63, 3.8) is 0 Å². The van der Waals surface area contributed by atoms with E-state index in [0.717, 1.165) is 5.69 Å². The zero-order valence-electron chi connectivity index (χ0n) is 13.5. The SMILES string of the molecule is CC1(C)C(=O)Nc2ccccc2N1C(=O)CNc1cccc(Cl)c1. The number of carbonyl (C=O) groups excluding carboxylic acids is 2. The molecule has 124 valence electrons. The summed E-state index contributed by atoms with van der Waals surface area (Å²) in [4.78, 5) is 26.7. The van der Waals surface area contributed by atoms with Crippen LogP contribution in [0, 0.1) is 0 Å². The summed E-state index contributed by atoms with van der Waals surface area (Å²) < 4.78 is 0. The van der Waals surface area contributed by atoms with Crippen molar-refractivity contribution in [3.05, 3.63) is 53.6 Å². The van der Waals surface area contributed by atoms with Gasteiger partial charge in [0.15, 0.2) is 0 Å². The monoisotopic (exact) mass is 343 g/mol. The predicted molar refractivity (Wildman–Crippen MR) is 96.6 cm³/mol. The number of rotatable bonds is 3. The van der Waals surface area contributed by atoms with Gasteiger partial charge in [-0.2, -0.15) is 0 Å². The van der Waals surface area contributed by atoms with E-state index < -0.39 is 5.54 Å². The lowest BCUT2D eigenvalue weighted by Gasteiger charge is -2.42. The molecule has 24 heavy (non-hydrogen) atoms. The molecule has 6 heteroatoms. The van der Waals surface area contributed by atoms with Crippen molar-refractivity contribution in [2.75, 3.05) is 22.1 Å². The van der Waals surface area contributed by atoms with Crippen molar-refractivity contribution in [2.45, 2.75) is 19.4 Å². The van der Waals surface area contributed by atoms with Crippen LogP contribution in [0.15, 0.2) is 48.5 Å². The van der Waals surface area contributed by atoms with E-state index >= 15 is 0 Å². The van der Waals surface area contributed by atoms with E-state index in [9.17, 15) is 9.59 Å². The number of para-hydroxylation sites is 2. The fourth-order valence-corrected chi connectivity index (χ4v) is 2.94. The van der Waals surface area contributed by atoms with Gasteiger partial charge in [0.05, 0.1) is 17.9 Å². The molecule has 0 saturated heterocycles. The highest BCUT2D eigenvalue weighted by Gasteiger charge is 2.43. The highest BCUT2D eigenvalue weighted by atomic mass is 35.5. The Labute approximate surface area is 145 Å². The normalized spacial score (nSPS) is 15.5. The number of benzene rings is 2. The molecule has 0 spiro atoms. The summed E-state index contributed by atoms with van der Waals surface area (Å²) in [6.07, 6.45) is 0. The van der Waals surface area contributed by atoms with E-state index in [0.29, 0.717) is 16.4 Å². The molecule has 0 radical (unpaired) electrons. The van der Waals surface area contributed by atoms with Gasteiger partial charge in [0.1, 0.15) is 5.54 Å². The van der Waals surface area contributed by atoms with Crippen LogP contribution in [0.25, 0.3) is 0 Å². The summed E-state index contributed by atoms with van der Waals surface area (Å²) in [5.74, 6) is -0.403. The topological polar surface area (TPSA) is 61.4 Å². The molecule has 0 unspecified atom stereocenters. The maximum Gasteiger partial charge on any atom is 0.250 e. The van der Waals surface area contributed by atoms with E-state index in [4.69, 9.17) is 11.6 Å². The Bertz CT molecular complexity index is 804. The third-order valence-corrected chi connectivity index (χ3v) is 4.26. The van der Waals surface area contributed by atoms with Crippen molar-refractivity contribution in [1.82, 2.24) is 0 Å². The highest BCUT2D eigenvalue weighted by molar-refractivity contribution is 6.30. The second-order valence-electron chi connectivity index (χ2n) is 6.12. The largest absolute Gasteiger partial charge is 0.376 e. The standard InChI is InChI=1S/C18H18ClN3O2/c1-18(2)17(24)21-14-8-3-4-9-15(14)22(18)16(23)11-20-13-7-5-6-12(19)10-13/h3-10,20H,11H2,1-2H3,(H,21,24). The Morgan fingerprint density at radius 1 is 1.21 bits per heavy atom. The van der Waals surface area contributed by atoms with Crippen molar-refractivity contribution in [1.29, 1.82) is 0 Å². The Morgan fingerprint density at radius 3 is 2.71 bits per heavy atom. The van der Waals surface area contributed by atoms with Crippen LogP contribution in [0.5, 0.6) is 0 Å². The summed E-state index contributed by atoms with van der Waals surface area (Å²) in [6, 6.07) is 14.4. The summed E-state index contributed by atoms with van der Waals surface area (Å²) in [6.45, 7) is 3.52. The summed E-state index contributed by atoms with van der Waals surface area (Å²) >= 11 is 5.95. The Hall–Kier alpha value is -2.53. The number of nitrogens with one attached hydrogen (secondary N) is 2. The zero-order valence-corrected chi connectivity index (χ0v) is 14.2. The van der Waals surface area contributed by atoms with Gasteiger partial charge in [-0.1, -0.05) is 29.8 Å². The van der Waals surface area contributed by atoms with E-state index in [1.807, 2.05) is 30.3 Å². The number of hydrogen-bond acceptors (Lipinski definition) is 3. The van der Waals surface area contributed by atoms with Crippen LogP contribution in [-0.2, 0) is 9.59 Å². The van der Waals surface area contributed by atoms with Crippen molar-refractivity contribution >= 4 is 40.5 Å². The van der Waals surface area contributed by atoms with Gasteiger partial charge < -0.3 is 10.6 Å². The predicted octanol–water partition coefficient (Wildman–Crippen LogP) is 3.52. The quantitative estimate of drug-likeness (QED) is 0.896. The second kappa shape index (κ2) is 6.17. The maximum atomic E-state index is 12.8. The minimum atomic E-state index is -0.971. The molecule has 1 heterocycles. The molecule has 0 fully saturated rings. The van der Waals surface area contributed by atoms with Crippen LogP contribution < -0.4 is 15.5 Å². The minimum Gasteiger partial charge on any atom is -0.376 e. The summed E-state index contributed by atoms with van der Waals surface area (Å²) in [5.41, 5.74) is 1.11. The van der Waals surface area contributed by atoms with Crippen LogP contribution in [0.2, 0.25) is 5.02 Å². The average molecular weight is 344 g/mol. The minimum absolute atomic E-state index is 0.0609. The Kier molecular flexibility index (Phi) is 4.20. The third kappa shape index (κ3) is 2.95. The van der Waals surface area contributed by atoms with Gasteiger partial charge in [-0.3, -0.25) is 14.5 Å².